The lowest BCUT2D eigenvalue weighted by molar-refractivity contribution is 0.216. The summed E-state index contributed by atoms with van der Waals surface area (Å²) in [5, 5.41) is 0. The molecule has 1 atom stereocenters. The van der Waals surface area contributed by atoms with Gasteiger partial charge < -0.3 is 9.64 Å². The van der Waals surface area contributed by atoms with Crippen molar-refractivity contribution in [2.24, 2.45) is 0 Å². The molecule has 2 rings (SSSR count). The van der Waals surface area contributed by atoms with Crippen molar-refractivity contribution >= 4 is 5.69 Å². The number of nitrogens with zero attached hydrogens (tertiary/aromatic N) is 1. The van der Waals surface area contributed by atoms with E-state index >= 15 is 0 Å². The molecule has 0 aliphatic heterocycles. The molecule has 0 saturated heterocycles. The van der Waals surface area contributed by atoms with Crippen LogP contribution < -0.4 is 9.64 Å². The number of rotatable bonds is 5. The van der Waals surface area contributed by atoms with E-state index in [9.17, 15) is 0 Å². The average Bonchev–Trinajstić information content (AvgIpc) is 2.47. The molecule has 0 amide bonds. The van der Waals surface area contributed by atoms with E-state index in [1.54, 1.807) is 0 Å². The van der Waals surface area contributed by atoms with Gasteiger partial charge in [-0.15, -0.1) is 0 Å². The van der Waals surface area contributed by atoms with Crippen LogP contribution in [0.5, 0.6) is 5.75 Å². The van der Waals surface area contributed by atoms with E-state index in [2.05, 4.69) is 95.0 Å². The zero-order valence-electron chi connectivity index (χ0n) is 15.3. The van der Waals surface area contributed by atoms with Crippen LogP contribution in [0.15, 0.2) is 48.5 Å². The van der Waals surface area contributed by atoms with Gasteiger partial charge in [-0.1, -0.05) is 45.0 Å². The zero-order chi connectivity index (χ0) is 17.0. The summed E-state index contributed by atoms with van der Waals surface area (Å²) >= 11 is 0. The second kappa shape index (κ2) is 7.08. The van der Waals surface area contributed by atoms with Gasteiger partial charge in [-0.2, -0.15) is 0 Å². The smallest absolute Gasteiger partial charge is 0.169 e. The van der Waals surface area contributed by atoms with Crippen molar-refractivity contribution in [1.82, 2.24) is 0 Å². The first-order valence-electron chi connectivity index (χ1n) is 8.42. The van der Waals surface area contributed by atoms with Crippen LogP contribution >= 0.6 is 0 Å². The summed E-state index contributed by atoms with van der Waals surface area (Å²) in [7, 11) is 0. The van der Waals surface area contributed by atoms with Gasteiger partial charge in [-0.3, -0.25) is 0 Å². The molecule has 0 saturated carbocycles. The molecule has 2 nitrogen and oxygen atoms in total. The van der Waals surface area contributed by atoms with Crippen LogP contribution in [0.3, 0.4) is 0 Å². The number of benzene rings is 2. The molecule has 23 heavy (non-hydrogen) atoms. The van der Waals surface area contributed by atoms with E-state index in [1.807, 2.05) is 0 Å². The summed E-state index contributed by atoms with van der Waals surface area (Å²) in [6, 6.07) is 17.0. The SMILES string of the molecule is CCN(c1cccc(C)c1)C(C)Oc1ccc(C(C)(C)C)cc1. The van der Waals surface area contributed by atoms with Crippen LogP contribution in [0.25, 0.3) is 0 Å². The Morgan fingerprint density at radius 2 is 1.70 bits per heavy atom. The predicted molar refractivity (Wildman–Crippen MR) is 99.4 cm³/mol. The number of aryl methyl sites for hydroxylation is 1. The van der Waals surface area contributed by atoms with Crippen LogP contribution in [-0.4, -0.2) is 12.8 Å². The van der Waals surface area contributed by atoms with E-state index < -0.39 is 0 Å². The molecule has 0 bridgehead atoms. The van der Waals surface area contributed by atoms with Gasteiger partial charge in [-0.25, -0.2) is 0 Å². The minimum atomic E-state index is -0.0118. The van der Waals surface area contributed by atoms with Crippen LogP contribution in [-0.2, 0) is 5.41 Å². The number of anilines is 1. The summed E-state index contributed by atoms with van der Waals surface area (Å²) in [5.41, 5.74) is 3.96. The van der Waals surface area contributed by atoms with E-state index in [1.165, 1.54) is 16.8 Å². The summed E-state index contributed by atoms with van der Waals surface area (Å²) in [6.45, 7) is 14.0. The summed E-state index contributed by atoms with van der Waals surface area (Å²) in [5.74, 6) is 0.914. The molecule has 0 N–H and O–H groups in total. The first kappa shape index (κ1) is 17.4. The Bertz CT molecular complexity index is 625. The highest BCUT2D eigenvalue weighted by molar-refractivity contribution is 5.49. The van der Waals surface area contributed by atoms with Crippen molar-refractivity contribution in [3.05, 3.63) is 59.7 Å². The van der Waals surface area contributed by atoms with Gasteiger partial charge in [0.05, 0.1) is 0 Å². The van der Waals surface area contributed by atoms with Crippen LogP contribution in [0.1, 0.15) is 45.7 Å². The molecule has 0 aliphatic carbocycles. The third-order valence-electron chi connectivity index (χ3n) is 4.14. The standard InChI is InChI=1S/C21H29NO/c1-7-22(19-10-8-9-16(2)15-19)17(3)23-20-13-11-18(12-14-20)21(4,5)6/h8-15,17H,7H2,1-6H3. The molecular formula is C21H29NO. The van der Waals surface area contributed by atoms with Gasteiger partial charge in [0.25, 0.3) is 0 Å². The number of hydrogen-bond acceptors (Lipinski definition) is 2. The molecule has 1 unspecified atom stereocenters. The predicted octanol–water partition coefficient (Wildman–Crippen LogP) is 5.54. The van der Waals surface area contributed by atoms with E-state index in [4.69, 9.17) is 4.74 Å². The first-order valence-corrected chi connectivity index (χ1v) is 8.42. The largest absolute Gasteiger partial charge is 0.471 e. The normalized spacial score (nSPS) is 12.8. The number of ether oxygens (including phenoxy) is 1. The van der Waals surface area contributed by atoms with Crippen molar-refractivity contribution in [3.8, 4) is 5.75 Å². The van der Waals surface area contributed by atoms with E-state index in [0.717, 1.165) is 12.3 Å². The molecule has 2 aromatic carbocycles. The summed E-state index contributed by atoms with van der Waals surface area (Å²) < 4.78 is 6.16. The Labute approximate surface area is 141 Å². The minimum Gasteiger partial charge on any atom is -0.471 e. The molecule has 0 radical (unpaired) electrons. The molecule has 0 heterocycles. The molecule has 0 aromatic heterocycles. The zero-order valence-corrected chi connectivity index (χ0v) is 15.3. The maximum Gasteiger partial charge on any atom is 0.169 e. The highest BCUT2D eigenvalue weighted by Gasteiger charge is 2.16. The lowest BCUT2D eigenvalue weighted by Crippen LogP contribution is -2.37. The van der Waals surface area contributed by atoms with Gasteiger partial charge in [0.15, 0.2) is 6.23 Å². The molecule has 0 fully saturated rings. The fraction of sp³-hybridized carbons (Fsp3) is 0.429. The Morgan fingerprint density at radius 1 is 1.04 bits per heavy atom. The van der Waals surface area contributed by atoms with Gasteiger partial charge >= 0.3 is 0 Å². The molecule has 0 spiro atoms. The van der Waals surface area contributed by atoms with Gasteiger partial charge in [-0.05, 0) is 61.6 Å². The van der Waals surface area contributed by atoms with Crippen molar-refractivity contribution in [1.29, 1.82) is 0 Å². The van der Waals surface area contributed by atoms with E-state index in [0.29, 0.717) is 0 Å². The summed E-state index contributed by atoms with van der Waals surface area (Å²) in [4.78, 5) is 2.27. The van der Waals surface area contributed by atoms with Crippen molar-refractivity contribution in [3.63, 3.8) is 0 Å². The lowest BCUT2D eigenvalue weighted by Gasteiger charge is -2.31. The van der Waals surface area contributed by atoms with Crippen LogP contribution in [0.4, 0.5) is 5.69 Å². The quantitative estimate of drug-likeness (QED) is 0.672. The first-order chi connectivity index (χ1) is 10.8. The maximum absolute atomic E-state index is 6.16. The Kier molecular flexibility index (Phi) is 5.35. The topological polar surface area (TPSA) is 12.5 Å². The molecule has 2 aromatic rings. The Balaban J connectivity index is 2.12. The highest BCUT2D eigenvalue weighted by Crippen LogP contribution is 2.26. The van der Waals surface area contributed by atoms with Gasteiger partial charge in [0, 0.05) is 12.2 Å². The van der Waals surface area contributed by atoms with Crippen molar-refractivity contribution in [2.75, 3.05) is 11.4 Å². The second-order valence-electron chi connectivity index (χ2n) is 7.12. The van der Waals surface area contributed by atoms with Gasteiger partial charge in [0.1, 0.15) is 5.75 Å². The maximum atomic E-state index is 6.16. The molecule has 124 valence electrons. The van der Waals surface area contributed by atoms with Crippen LogP contribution in [0, 0.1) is 6.92 Å². The third-order valence-corrected chi connectivity index (χ3v) is 4.14. The van der Waals surface area contributed by atoms with Crippen molar-refractivity contribution < 1.29 is 4.74 Å². The minimum absolute atomic E-state index is 0.0118. The fourth-order valence-corrected chi connectivity index (χ4v) is 2.75. The van der Waals surface area contributed by atoms with E-state index in [-0.39, 0.29) is 11.6 Å². The Hall–Kier alpha value is -1.96. The second-order valence-corrected chi connectivity index (χ2v) is 7.12. The molecule has 2 heteroatoms. The number of hydrogen-bond donors (Lipinski definition) is 0. The van der Waals surface area contributed by atoms with Crippen molar-refractivity contribution in [2.45, 2.75) is 53.2 Å². The van der Waals surface area contributed by atoms with Crippen LogP contribution in [0.2, 0.25) is 0 Å². The third kappa shape index (κ3) is 4.51. The highest BCUT2D eigenvalue weighted by atomic mass is 16.5. The average molecular weight is 311 g/mol. The van der Waals surface area contributed by atoms with Gasteiger partial charge in [0.2, 0.25) is 0 Å². The Morgan fingerprint density at radius 3 is 2.22 bits per heavy atom. The molecular weight excluding hydrogens is 282 g/mol. The monoisotopic (exact) mass is 311 g/mol. The summed E-state index contributed by atoms with van der Waals surface area (Å²) in [6.07, 6.45) is -0.0118. The fourth-order valence-electron chi connectivity index (χ4n) is 2.75. The molecule has 0 aliphatic rings. The lowest BCUT2D eigenvalue weighted by atomic mass is 9.87.